The SMILES string of the molecule is O=C(NC12CC(C1)C2)c1[nH]c2c(Cl)cccc2c1-c1ccccc1. The number of benzene rings is 2. The van der Waals surface area contributed by atoms with Gasteiger partial charge in [-0.2, -0.15) is 0 Å². The Bertz CT molecular complexity index is 943. The molecule has 0 spiro atoms. The highest BCUT2D eigenvalue weighted by Crippen LogP contribution is 2.57. The molecule has 0 atom stereocenters. The molecule has 24 heavy (non-hydrogen) atoms. The lowest BCUT2D eigenvalue weighted by Gasteiger charge is -2.61. The number of halogens is 1. The van der Waals surface area contributed by atoms with Crippen LogP contribution in [0.5, 0.6) is 0 Å². The molecule has 0 unspecified atom stereocenters. The van der Waals surface area contributed by atoms with Crippen molar-refractivity contribution in [2.24, 2.45) is 5.92 Å². The summed E-state index contributed by atoms with van der Waals surface area (Å²) in [6.07, 6.45) is 3.38. The summed E-state index contributed by atoms with van der Waals surface area (Å²) in [4.78, 5) is 16.2. The molecule has 6 rings (SSSR count). The third-order valence-electron chi connectivity index (χ3n) is 5.49. The van der Waals surface area contributed by atoms with Crippen molar-refractivity contribution in [1.29, 1.82) is 0 Å². The van der Waals surface area contributed by atoms with Gasteiger partial charge in [-0.15, -0.1) is 0 Å². The van der Waals surface area contributed by atoms with Gasteiger partial charge in [0.25, 0.3) is 5.91 Å². The summed E-state index contributed by atoms with van der Waals surface area (Å²) in [5.74, 6) is 0.801. The fraction of sp³-hybridized carbons (Fsp3) is 0.250. The summed E-state index contributed by atoms with van der Waals surface area (Å²) >= 11 is 6.35. The molecule has 2 aromatic carbocycles. The molecule has 3 aromatic rings. The second-order valence-corrected chi connectivity index (χ2v) is 7.52. The van der Waals surface area contributed by atoms with E-state index in [4.69, 9.17) is 11.6 Å². The van der Waals surface area contributed by atoms with Gasteiger partial charge < -0.3 is 10.3 Å². The van der Waals surface area contributed by atoms with Gasteiger partial charge in [0.05, 0.1) is 10.5 Å². The number of rotatable bonds is 3. The molecule has 2 N–H and O–H groups in total. The first-order chi connectivity index (χ1) is 11.7. The maximum absolute atomic E-state index is 13.0. The van der Waals surface area contributed by atoms with E-state index < -0.39 is 0 Å². The van der Waals surface area contributed by atoms with Crippen LogP contribution < -0.4 is 5.32 Å². The van der Waals surface area contributed by atoms with Crippen molar-refractivity contribution in [1.82, 2.24) is 10.3 Å². The molecule has 0 saturated heterocycles. The molecule has 0 aliphatic heterocycles. The summed E-state index contributed by atoms with van der Waals surface area (Å²) in [6, 6.07) is 15.8. The Labute approximate surface area is 145 Å². The van der Waals surface area contributed by atoms with E-state index in [1.165, 1.54) is 0 Å². The van der Waals surface area contributed by atoms with Crippen molar-refractivity contribution in [3.63, 3.8) is 0 Å². The average molecular weight is 337 g/mol. The number of carbonyl (C=O) groups is 1. The Hall–Kier alpha value is -2.26. The van der Waals surface area contributed by atoms with Crippen molar-refractivity contribution in [2.75, 3.05) is 0 Å². The lowest BCUT2D eigenvalue weighted by Crippen LogP contribution is -2.68. The zero-order valence-corrected chi connectivity index (χ0v) is 13.9. The van der Waals surface area contributed by atoms with Crippen LogP contribution in [0.1, 0.15) is 29.8 Å². The van der Waals surface area contributed by atoms with Gasteiger partial charge in [0.1, 0.15) is 5.69 Å². The molecule has 0 radical (unpaired) electrons. The topological polar surface area (TPSA) is 44.9 Å². The first-order valence-corrected chi connectivity index (χ1v) is 8.71. The van der Waals surface area contributed by atoms with Gasteiger partial charge in [0.2, 0.25) is 0 Å². The van der Waals surface area contributed by atoms with Crippen LogP contribution in [0.15, 0.2) is 48.5 Å². The minimum absolute atomic E-state index is 0.0285. The summed E-state index contributed by atoms with van der Waals surface area (Å²) in [5, 5.41) is 4.87. The molecule has 3 saturated carbocycles. The fourth-order valence-electron chi connectivity index (χ4n) is 4.19. The van der Waals surface area contributed by atoms with Gasteiger partial charge >= 0.3 is 0 Å². The minimum Gasteiger partial charge on any atom is -0.349 e. The van der Waals surface area contributed by atoms with Crippen LogP contribution in [0.4, 0.5) is 0 Å². The van der Waals surface area contributed by atoms with Crippen LogP contribution in [0, 0.1) is 5.92 Å². The van der Waals surface area contributed by atoms with E-state index >= 15 is 0 Å². The predicted molar refractivity (Wildman–Crippen MR) is 96.3 cm³/mol. The van der Waals surface area contributed by atoms with Gasteiger partial charge in [-0.3, -0.25) is 4.79 Å². The third-order valence-corrected chi connectivity index (χ3v) is 5.80. The van der Waals surface area contributed by atoms with Gasteiger partial charge in [-0.05, 0) is 36.8 Å². The lowest BCUT2D eigenvalue weighted by molar-refractivity contribution is -0.0439. The van der Waals surface area contributed by atoms with Crippen molar-refractivity contribution in [3.8, 4) is 11.1 Å². The number of nitrogens with one attached hydrogen (secondary N) is 2. The smallest absolute Gasteiger partial charge is 0.268 e. The molecule has 120 valence electrons. The zero-order valence-electron chi connectivity index (χ0n) is 13.1. The van der Waals surface area contributed by atoms with E-state index in [1.54, 1.807) is 0 Å². The van der Waals surface area contributed by atoms with Crippen molar-refractivity contribution in [3.05, 3.63) is 59.2 Å². The summed E-state index contributed by atoms with van der Waals surface area (Å²) in [6.45, 7) is 0. The van der Waals surface area contributed by atoms with Gasteiger partial charge in [-0.1, -0.05) is 54.1 Å². The first-order valence-electron chi connectivity index (χ1n) is 8.33. The molecule has 1 amide bonds. The molecule has 3 fully saturated rings. The van der Waals surface area contributed by atoms with E-state index in [2.05, 4.69) is 10.3 Å². The molecule has 4 heteroatoms. The Morgan fingerprint density at radius 1 is 1.08 bits per heavy atom. The first kappa shape index (κ1) is 14.1. The predicted octanol–water partition coefficient (Wildman–Crippen LogP) is 4.77. The number of amides is 1. The molecule has 3 aliphatic carbocycles. The summed E-state index contributed by atoms with van der Waals surface area (Å²) < 4.78 is 0. The number of para-hydroxylation sites is 1. The molecular weight excluding hydrogens is 320 g/mol. The molecule has 2 bridgehead atoms. The summed E-state index contributed by atoms with van der Waals surface area (Å²) in [5.41, 5.74) is 3.43. The van der Waals surface area contributed by atoms with E-state index in [9.17, 15) is 4.79 Å². The Morgan fingerprint density at radius 2 is 1.83 bits per heavy atom. The summed E-state index contributed by atoms with van der Waals surface area (Å²) in [7, 11) is 0. The second-order valence-electron chi connectivity index (χ2n) is 7.12. The largest absolute Gasteiger partial charge is 0.349 e. The molecule has 3 aliphatic rings. The number of aromatic nitrogens is 1. The van der Waals surface area contributed by atoms with E-state index in [-0.39, 0.29) is 11.4 Å². The van der Waals surface area contributed by atoms with Crippen LogP contribution >= 0.6 is 11.6 Å². The number of hydrogen-bond donors (Lipinski definition) is 2. The monoisotopic (exact) mass is 336 g/mol. The number of hydrogen-bond acceptors (Lipinski definition) is 1. The van der Waals surface area contributed by atoms with Crippen molar-refractivity contribution in [2.45, 2.75) is 24.8 Å². The minimum atomic E-state index is -0.0285. The van der Waals surface area contributed by atoms with Crippen LogP contribution in [0.2, 0.25) is 5.02 Å². The van der Waals surface area contributed by atoms with Crippen LogP contribution in [0.3, 0.4) is 0 Å². The zero-order chi connectivity index (χ0) is 16.3. The van der Waals surface area contributed by atoms with E-state index in [0.29, 0.717) is 10.7 Å². The quantitative estimate of drug-likeness (QED) is 0.711. The average Bonchev–Trinajstić information content (AvgIpc) is 2.91. The third kappa shape index (κ3) is 1.94. The maximum Gasteiger partial charge on any atom is 0.268 e. The van der Waals surface area contributed by atoms with E-state index in [0.717, 1.165) is 47.2 Å². The van der Waals surface area contributed by atoms with Gasteiger partial charge in [0.15, 0.2) is 0 Å². The number of H-pyrrole nitrogens is 1. The van der Waals surface area contributed by atoms with Crippen LogP contribution in [-0.2, 0) is 0 Å². The number of aromatic amines is 1. The highest BCUT2D eigenvalue weighted by molar-refractivity contribution is 6.36. The Kier molecular flexibility index (Phi) is 2.86. The fourth-order valence-corrected chi connectivity index (χ4v) is 4.41. The highest BCUT2D eigenvalue weighted by Gasteiger charge is 2.57. The normalized spacial score (nSPS) is 24.3. The Balaban J connectivity index is 1.66. The van der Waals surface area contributed by atoms with Crippen molar-refractivity contribution < 1.29 is 4.79 Å². The standard InChI is InChI=1S/C20H17ClN2O/c21-15-8-4-7-14-16(13-5-2-1-3-6-13)18(22-17(14)15)19(24)23-20-9-12(10-20)11-20/h1-8,12,22H,9-11H2,(H,23,24). The lowest BCUT2D eigenvalue weighted by atomic mass is 9.50. The molecule has 1 aromatic heterocycles. The second kappa shape index (κ2) is 4.87. The molecule has 3 nitrogen and oxygen atoms in total. The van der Waals surface area contributed by atoms with E-state index in [1.807, 2.05) is 48.5 Å². The number of carbonyl (C=O) groups excluding carboxylic acids is 1. The highest BCUT2D eigenvalue weighted by atomic mass is 35.5. The Morgan fingerprint density at radius 3 is 2.50 bits per heavy atom. The van der Waals surface area contributed by atoms with Gasteiger partial charge in [-0.25, -0.2) is 0 Å². The van der Waals surface area contributed by atoms with Crippen molar-refractivity contribution >= 4 is 28.4 Å². The number of fused-ring (bicyclic) bond motifs is 1. The van der Waals surface area contributed by atoms with Crippen LogP contribution in [0.25, 0.3) is 22.0 Å². The van der Waals surface area contributed by atoms with Crippen LogP contribution in [-0.4, -0.2) is 16.4 Å². The molecular formula is C20H17ClN2O. The van der Waals surface area contributed by atoms with Gasteiger partial charge in [0, 0.05) is 16.5 Å². The molecule has 1 heterocycles. The maximum atomic E-state index is 13.0.